The van der Waals surface area contributed by atoms with Gasteiger partial charge in [0.25, 0.3) is 0 Å². The quantitative estimate of drug-likeness (QED) is 0.462. The first-order valence-corrected chi connectivity index (χ1v) is 8.72. The van der Waals surface area contributed by atoms with E-state index in [1.165, 1.54) is 11.3 Å². The molecule has 0 radical (unpaired) electrons. The molecule has 0 aliphatic heterocycles. The maximum atomic E-state index is 12.1. The number of thiophene rings is 1. The Morgan fingerprint density at radius 2 is 2.09 bits per heavy atom. The molecule has 0 amide bonds. The predicted molar refractivity (Wildman–Crippen MR) is 94.1 cm³/mol. The van der Waals surface area contributed by atoms with Crippen LogP contribution in [-0.4, -0.2) is 17.6 Å². The zero-order valence-electron chi connectivity index (χ0n) is 12.4. The van der Waals surface area contributed by atoms with Crippen molar-refractivity contribution in [2.24, 2.45) is 0 Å². The molecule has 0 saturated heterocycles. The van der Waals surface area contributed by atoms with Crippen molar-refractivity contribution in [3.05, 3.63) is 57.6 Å². The van der Waals surface area contributed by atoms with Gasteiger partial charge in [0.2, 0.25) is 0 Å². The van der Waals surface area contributed by atoms with Crippen molar-refractivity contribution in [2.45, 2.75) is 13.5 Å². The summed E-state index contributed by atoms with van der Waals surface area (Å²) < 4.78 is 12.4. The minimum absolute atomic E-state index is 0.339. The fraction of sp³-hybridized carbons (Fsp3) is 0.176. The molecule has 0 bridgehead atoms. The average Bonchev–Trinajstić information content (AvgIpc) is 2.99. The number of ether oxygens (including phenoxy) is 2. The molecule has 0 aliphatic carbocycles. The van der Waals surface area contributed by atoms with Gasteiger partial charge in [0.05, 0.1) is 16.9 Å². The highest BCUT2D eigenvalue weighted by atomic mass is 79.9. The van der Waals surface area contributed by atoms with Crippen LogP contribution in [0, 0.1) is 0 Å². The second-order valence-corrected chi connectivity index (χ2v) is 6.63. The Bertz CT molecular complexity index is 832. The van der Waals surface area contributed by atoms with E-state index in [1.807, 2.05) is 36.4 Å². The van der Waals surface area contributed by atoms with Crippen LogP contribution in [0.1, 0.15) is 22.2 Å². The zero-order valence-corrected chi connectivity index (χ0v) is 14.8. The smallest absolute Gasteiger partial charge is 0.341 e. The summed E-state index contributed by atoms with van der Waals surface area (Å²) in [6, 6.07) is 11.6. The van der Waals surface area contributed by atoms with Crippen molar-refractivity contribution in [2.75, 3.05) is 6.61 Å². The molecule has 6 heteroatoms. The van der Waals surface area contributed by atoms with Crippen LogP contribution in [0.2, 0.25) is 0 Å². The maximum absolute atomic E-state index is 12.1. The summed E-state index contributed by atoms with van der Waals surface area (Å²) in [7, 11) is 0. The molecule has 0 aliphatic rings. The molecule has 1 aromatic carbocycles. The Morgan fingerprint density at radius 1 is 1.30 bits per heavy atom. The minimum atomic E-state index is -0.352. The van der Waals surface area contributed by atoms with Gasteiger partial charge in [-0.25, -0.2) is 9.78 Å². The average molecular weight is 392 g/mol. The fourth-order valence-corrected chi connectivity index (χ4v) is 3.76. The molecule has 0 N–H and O–H groups in total. The van der Waals surface area contributed by atoms with E-state index in [9.17, 15) is 4.79 Å². The summed E-state index contributed by atoms with van der Waals surface area (Å²) in [5.41, 5.74) is 0.487. The van der Waals surface area contributed by atoms with E-state index in [1.54, 1.807) is 13.1 Å². The monoisotopic (exact) mass is 391 g/mol. The molecule has 3 rings (SSSR count). The van der Waals surface area contributed by atoms with Crippen molar-refractivity contribution in [3.8, 4) is 5.75 Å². The molecule has 0 fully saturated rings. The lowest BCUT2D eigenvalue weighted by molar-refractivity contribution is 0.0528. The van der Waals surface area contributed by atoms with Crippen molar-refractivity contribution >= 4 is 43.3 Å². The van der Waals surface area contributed by atoms with Crippen molar-refractivity contribution < 1.29 is 14.3 Å². The normalized spacial score (nSPS) is 10.7. The summed E-state index contributed by atoms with van der Waals surface area (Å²) in [6.07, 6.45) is 1.54. The van der Waals surface area contributed by atoms with Gasteiger partial charge in [-0.3, -0.25) is 0 Å². The van der Waals surface area contributed by atoms with Crippen LogP contribution in [-0.2, 0) is 11.3 Å². The number of hydrogen-bond acceptors (Lipinski definition) is 5. The van der Waals surface area contributed by atoms with Crippen LogP contribution in [0.3, 0.4) is 0 Å². The van der Waals surface area contributed by atoms with Gasteiger partial charge in [0, 0.05) is 16.5 Å². The third kappa shape index (κ3) is 3.54. The first-order valence-electron chi connectivity index (χ1n) is 7.11. The molecule has 2 aromatic heterocycles. The van der Waals surface area contributed by atoms with E-state index in [0.717, 1.165) is 20.7 Å². The van der Waals surface area contributed by atoms with Gasteiger partial charge in [-0.1, -0.05) is 18.2 Å². The Kier molecular flexibility index (Phi) is 4.93. The van der Waals surface area contributed by atoms with Crippen LogP contribution in [0.25, 0.3) is 10.1 Å². The third-order valence-electron chi connectivity index (χ3n) is 3.18. The van der Waals surface area contributed by atoms with Crippen LogP contribution in [0.4, 0.5) is 0 Å². The molecule has 0 saturated carbocycles. The highest BCUT2D eigenvalue weighted by Crippen LogP contribution is 2.33. The molecule has 0 unspecified atom stereocenters. The number of aromatic nitrogens is 1. The fourth-order valence-electron chi connectivity index (χ4n) is 2.14. The van der Waals surface area contributed by atoms with Gasteiger partial charge in [0.1, 0.15) is 17.0 Å². The lowest BCUT2D eigenvalue weighted by atomic mass is 10.2. The molecular weight excluding hydrogens is 378 g/mol. The zero-order chi connectivity index (χ0) is 16.2. The highest BCUT2D eigenvalue weighted by molar-refractivity contribution is 9.10. The summed E-state index contributed by atoms with van der Waals surface area (Å²) >= 11 is 4.95. The van der Waals surface area contributed by atoms with E-state index in [2.05, 4.69) is 20.9 Å². The van der Waals surface area contributed by atoms with E-state index in [4.69, 9.17) is 9.47 Å². The molecule has 23 heavy (non-hydrogen) atoms. The lowest BCUT2D eigenvalue weighted by Gasteiger charge is -2.03. The van der Waals surface area contributed by atoms with E-state index in [-0.39, 0.29) is 5.97 Å². The van der Waals surface area contributed by atoms with Gasteiger partial charge in [-0.05, 0) is 41.1 Å². The molecule has 4 nitrogen and oxygen atoms in total. The van der Waals surface area contributed by atoms with E-state index >= 15 is 0 Å². The maximum Gasteiger partial charge on any atom is 0.341 e. The predicted octanol–water partition coefficient (Wildman–Crippen LogP) is 4.81. The molecule has 0 spiro atoms. The van der Waals surface area contributed by atoms with Gasteiger partial charge in [-0.2, -0.15) is 0 Å². The number of benzene rings is 1. The Morgan fingerprint density at radius 3 is 2.83 bits per heavy atom. The van der Waals surface area contributed by atoms with Gasteiger partial charge in [-0.15, -0.1) is 11.3 Å². The number of carbonyl (C=O) groups is 1. The van der Waals surface area contributed by atoms with Gasteiger partial charge >= 0.3 is 5.97 Å². The molecule has 2 heterocycles. The minimum Gasteiger partial charge on any atom is -0.488 e. The number of nitrogens with zero attached hydrogens (tertiary/aromatic N) is 1. The number of pyridine rings is 1. The number of para-hydroxylation sites is 1. The second kappa shape index (κ2) is 7.10. The number of rotatable bonds is 5. The number of hydrogen-bond donors (Lipinski definition) is 0. The summed E-state index contributed by atoms with van der Waals surface area (Å²) in [5, 5.41) is 0.896. The van der Waals surface area contributed by atoms with Crippen LogP contribution >= 0.6 is 27.3 Å². The molecule has 118 valence electrons. The Hall–Kier alpha value is -1.92. The topological polar surface area (TPSA) is 48.4 Å². The third-order valence-corrected chi connectivity index (χ3v) is 4.95. The summed E-state index contributed by atoms with van der Waals surface area (Å²) in [6.45, 7) is 2.57. The number of esters is 1. The van der Waals surface area contributed by atoms with E-state index in [0.29, 0.717) is 23.4 Å². The number of carbonyl (C=O) groups excluding carboxylic acids is 1. The van der Waals surface area contributed by atoms with Crippen LogP contribution < -0.4 is 4.74 Å². The molecule has 0 atom stereocenters. The largest absolute Gasteiger partial charge is 0.488 e. The van der Waals surface area contributed by atoms with Crippen LogP contribution in [0.15, 0.2) is 47.2 Å². The van der Waals surface area contributed by atoms with Gasteiger partial charge in [0.15, 0.2) is 0 Å². The highest BCUT2D eigenvalue weighted by Gasteiger charge is 2.17. The Labute approximate surface area is 146 Å². The SMILES string of the molecule is CCOC(=O)c1cnc(Br)c2cc(COc3ccccc3)sc12. The standard InChI is InChI=1S/C17H14BrNO3S/c1-2-21-17(20)14-9-19-16(18)13-8-12(23-15(13)14)10-22-11-6-4-3-5-7-11/h3-9H,2,10H2,1H3. The number of fused-ring (bicyclic) bond motifs is 1. The van der Waals surface area contributed by atoms with E-state index < -0.39 is 0 Å². The summed E-state index contributed by atoms with van der Waals surface area (Å²) in [4.78, 5) is 17.3. The van der Waals surface area contributed by atoms with Crippen molar-refractivity contribution in [1.29, 1.82) is 0 Å². The van der Waals surface area contributed by atoms with Crippen molar-refractivity contribution in [1.82, 2.24) is 4.98 Å². The molecular formula is C17H14BrNO3S. The van der Waals surface area contributed by atoms with Crippen molar-refractivity contribution in [3.63, 3.8) is 0 Å². The Balaban J connectivity index is 1.89. The number of halogens is 1. The van der Waals surface area contributed by atoms with Crippen LogP contribution in [0.5, 0.6) is 5.75 Å². The first-order chi connectivity index (χ1) is 11.2. The second-order valence-electron chi connectivity index (χ2n) is 4.74. The lowest BCUT2D eigenvalue weighted by Crippen LogP contribution is -2.05. The summed E-state index contributed by atoms with van der Waals surface area (Å²) in [5.74, 6) is 0.461. The first kappa shape index (κ1) is 16.0. The van der Waals surface area contributed by atoms with Gasteiger partial charge < -0.3 is 9.47 Å². The molecule has 3 aromatic rings.